The summed E-state index contributed by atoms with van der Waals surface area (Å²) in [6.07, 6.45) is 61.8. The van der Waals surface area contributed by atoms with Gasteiger partial charge < -0.3 is 14.2 Å². The average Bonchev–Trinajstić information content (AvgIpc) is 3.26. The molecule has 0 aromatic rings. The fourth-order valence-electron chi connectivity index (χ4n) is 7.00. The van der Waals surface area contributed by atoms with Crippen molar-refractivity contribution in [2.45, 2.75) is 245 Å². The van der Waals surface area contributed by atoms with E-state index < -0.39 is 6.10 Å². The Morgan fingerprint density at radius 1 is 0.361 bits per heavy atom. The Bertz CT molecular complexity index is 1160. The molecule has 0 aromatic carbocycles. The number of esters is 3. The molecular formula is C55H94O6. The molecule has 0 saturated heterocycles. The van der Waals surface area contributed by atoms with E-state index in [2.05, 4.69) is 93.7 Å². The molecule has 0 fully saturated rings. The summed E-state index contributed by atoms with van der Waals surface area (Å²) >= 11 is 0. The van der Waals surface area contributed by atoms with Gasteiger partial charge in [0, 0.05) is 19.3 Å². The van der Waals surface area contributed by atoms with Crippen LogP contribution >= 0.6 is 0 Å². The standard InChI is InChI=1S/C55H94O6/c1-4-7-10-13-16-19-22-24-26-27-29-30-33-36-39-42-45-48-54(57)60-51-52(50-59-53(56)47-44-41-38-35-32-21-18-15-12-9-6-3)61-55(58)49-46-43-40-37-34-31-28-25-23-20-17-14-11-8-5-2/h8-9,11-12,14,17-18,20-21,23,35,38,52H,4-7,10,13,15-16,19,22,24-34,36-37,39-51H2,1-3H3/b11-8-,12-9-,17-14-,21-18-,23-20-,38-35-. The van der Waals surface area contributed by atoms with Gasteiger partial charge in [0.05, 0.1) is 0 Å². The highest BCUT2D eigenvalue weighted by Gasteiger charge is 2.19. The highest BCUT2D eigenvalue weighted by Crippen LogP contribution is 2.15. The van der Waals surface area contributed by atoms with Crippen molar-refractivity contribution < 1.29 is 28.6 Å². The van der Waals surface area contributed by atoms with Crippen molar-refractivity contribution in [3.8, 4) is 0 Å². The van der Waals surface area contributed by atoms with Crippen LogP contribution in [0.2, 0.25) is 0 Å². The highest BCUT2D eigenvalue weighted by molar-refractivity contribution is 5.71. The molecule has 0 aliphatic carbocycles. The Morgan fingerprint density at radius 2 is 0.738 bits per heavy atom. The zero-order valence-electron chi connectivity index (χ0n) is 39.9. The third-order valence-electron chi connectivity index (χ3n) is 10.8. The third kappa shape index (κ3) is 47.7. The van der Waals surface area contributed by atoms with Gasteiger partial charge in [-0.25, -0.2) is 0 Å². The van der Waals surface area contributed by atoms with Crippen molar-refractivity contribution in [3.05, 3.63) is 72.9 Å². The summed E-state index contributed by atoms with van der Waals surface area (Å²) in [5.41, 5.74) is 0. The molecule has 0 saturated carbocycles. The maximum absolute atomic E-state index is 12.8. The van der Waals surface area contributed by atoms with Crippen molar-refractivity contribution in [2.24, 2.45) is 0 Å². The summed E-state index contributed by atoms with van der Waals surface area (Å²) in [4.78, 5) is 37.9. The maximum atomic E-state index is 12.8. The van der Waals surface area contributed by atoms with Gasteiger partial charge in [0.2, 0.25) is 0 Å². The van der Waals surface area contributed by atoms with Gasteiger partial charge in [-0.3, -0.25) is 14.4 Å². The number of rotatable bonds is 45. The second-order valence-corrected chi connectivity index (χ2v) is 16.7. The van der Waals surface area contributed by atoms with Crippen molar-refractivity contribution in [1.82, 2.24) is 0 Å². The van der Waals surface area contributed by atoms with Crippen LogP contribution in [0.15, 0.2) is 72.9 Å². The van der Waals surface area contributed by atoms with E-state index in [1.165, 1.54) is 109 Å². The number of ether oxygens (including phenoxy) is 3. The number of carbonyl (C=O) groups excluding carboxylic acids is 3. The van der Waals surface area contributed by atoms with Crippen molar-refractivity contribution >= 4 is 17.9 Å². The number of allylic oxidation sites excluding steroid dienone is 12. The van der Waals surface area contributed by atoms with Gasteiger partial charge in [-0.1, -0.05) is 229 Å². The van der Waals surface area contributed by atoms with Crippen LogP contribution in [0.3, 0.4) is 0 Å². The normalized spacial score (nSPS) is 12.6. The number of unbranched alkanes of at least 4 members (excludes halogenated alkanes) is 24. The van der Waals surface area contributed by atoms with Crippen LogP contribution in [0.4, 0.5) is 0 Å². The van der Waals surface area contributed by atoms with Gasteiger partial charge >= 0.3 is 17.9 Å². The summed E-state index contributed by atoms with van der Waals surface area (Å²) in [6, 6.07) is 0. The van der Waals surface area contributed by atoms with Crippen LogP contribution < -0.4 is 0 Å². The Hall–Kier alpha value is -3.15. The van der Waals surface area contributed by atoms with E-state index in [1.807, 2.05) is 0 Å². The maximum Gasteiger partial charge on any atom is 0.306 e. The molecule has 1 unspecified atom stereocenters. The molecule has 6 nitrogen and oxygen atoms in total. The quantitative estimate of drug-likeness (QED) is 0.0200. The summed E-state index contributed by atoms with van der Waals surface area (Å²) in [6.45, 7) is 6.34. The average molecular weight is 851 g/mol. The van der Waals surface area contributed by atoms with Crippen LogP contribution in [-0.2, 0) is 28.6 Å². The summed E-state index contributed by atoms with van der Waals surface area (Å²) < 4.78 is 16.7. The summed E-state index contributed by atoms with van der Waals surface area (Å²) in [5.74, 6) is -0.962. The van der Waals surface area contributed by atoms with Gasteiger partial charge in [-0.2, -0.15) is 0 Å². The molecule has 1 atom stereocenters. The molecule has 6 heteroatoms. The third-order valence-corrected chi connectivity index (χ3v) is 10.8. The molecule has 0 amide bonds. The largest absolute Gasteiger partial charge is 0.462 e. The van der Waals surface area contributed by atoms with Crippen LogP contribution in [0, 0.1) is 0 Å². The Morgan fingerprint density at radius 3 is 1.23 bits per heavy atom. The first kappa shape index (κ1) is 57.9. The molecule has 0 rings (SSSR count). The summed E-state index contributed by atoms with van der Waals surface area (Å²) in [7, 11) is 0. The molecule has 0 N–H and O–H groups in total. The van der Waals surface area contributed by atoms with Gasteiger partial charge in [0.1, 0.15) is 13.2 Å². The molecule has 61 heavy (non-hydrogen) atoms. The molecule has 0 aliphatic rings. The highest BCUT2D eigenvalue weighted by atomic mass is 16.6. The van der Waals surface area contributed by atoms with Crippen LogP contribution in [0.5, 0.6) is 0 Å². The first-order chi connectivity index (χ1) is 30.0. The fourth-order valence-corrected chi connectivity index (χ4v) is 7.00. The Kier molecular flexibility index (Phi) is 46.9. The van der Waals surface area contributed by atoms with Gasteiger partial charge in [-0.15, -0.1) is 0 Å². The van der Waals surface area contributed by atoms with Gasteiger partial charge in [0.15, 0.2) is 6.10 Å². The van der Waals surface area contributed by atoms with E-state index >= 15 is 0 Å². The molecule has 0 radical (unpaired) electrons. The van der Waals surface area contributed by atoms with Gasteiger partial charge in [-0.05, 0) is 64.2 Å². The zero-order valence-corrected chi connectivity index (χ0v) is 39.9. The minimum Gasteiger partial charge on any atom is -0.462 e. The molecule has 0 aromatic heterocycles. The lowest BCUT2D eigenvalue weighted by Gasteiger charge is -2.18. The predicted molar refractivity (Wildman–Crippen MR) is 261 cm³/mol. The molecular weight excluding hydrogens is 757 g/mol. The summed E-state index contributed by atoms with van der Waals surface area (Å²) in [5, 5.41) is 0. The minimum atomic E-state index is -0.799. The minimum absolute atomic E-state index is 0.0946. The van der Waals surface area contributed by atoms with Crippen LogP contribution in [0.25, 0.3) is 0 Å². The second-order valence-electron chi connectivity index (χ2n) is 16.7. The van der Waals surface area contributed by atoms with Crippen molar-refractivity contribution in [1.29, 1.82) is 0 Å². The molecule has 0 heterocycles. The Balaban J connectivity index is 4.39. The van der Waals surface area contributed by atoms with E-state index in [1.54, 1.807) is 0 Å². The topological polar surface area (TPSA) is 78.9 Å². The monoisotopic (exact) mass is 851 g/mol. The molecule has 350 valence electrons. The van der Waals surface area contributed by atoms with Crippen LogP contribution in [0.1, 0.15) is 239 Å². The molecule has 0 aliphatic heterocycles. The molecule has 0 spiro atoms. The fraction of sp³-hybridized carbons (Fsp3) is 0.727. The Labute approximate surface area is 376 Å². The first-order valence-corrected chi connectivity index (χ1v) is 25.5. The molecule has 0 bridgehead atoms. The van der Waals surface area contributed by atoms with E-state index in [0.29, 0.717) is 19.3 Å². The van der Waals surface area contributed by atoms with E-state index in [4.69, 9.17) is 14.2 Å². The lowest BCUT2D eigenvalue weighted by molar-refractivity contribution is -0.167. The number of hydrogen-bond donors (Lipinski definition) is 0. The lowest BCUT2D eigenvalue weighted by Crippen LogP contribution is -2.30. The van der Waals surface area contributed by atoms with Crippen LogP contribution in [-0.4, -0.2) is 37.2 Å². The van der Waals surface area contributed by atoms with E-state index in [-0.39, 0.29) is 37.5 Å². The number of carbonyl (C=O) groups is 3. The number of hydrogen-bond acceptors (Lipinski definition) is 6. The predicted octanol–water partition coefficient (Wildman–Crippen LogP) is 16.6. The van der Waals surface area contributed by atoms with E-state index in [9.17, 15) is 14.4 Å². The smallest absolute Gasteiger partial charge is 0.306 e. The van der Waals surface area contributed by atoms with Crippen molar-refractivity contribution in [2.75, 3.05) is 13.2 Å². The lowest BCUT2D eigenvalue weighted by atomic mass is 10.0. The first-order valence-electron chi connectivity index (χ1n) is 25.5. The van der Waals surface area contributed by atoms with Crippen molar-refractivity contribution in [3.63, 3.8) is 0 Å². The van der Waals surface area contributed by atoms with Gasteiger partial charge in [0.25, 0.3) is 0 Å². The zero-order chi connectivity index (χ0) is 44.4. The van der Waals surface area contributed by atoms with E-state index in [0.717, 1.165) is 83.5 Å². The SMILES string of the molecule is CC\C=C/C=C\C=C/CCCCCCCCCC(=O)OC(COC(=O)CCC/C=C\C/C=C\C/C=C\CC)COC(=O)CCCCCCCCCCCCCCCCCCC. The second kappa shape index (κ2) is 49.5.